The van der Waals surface area contributed by atoms with Crippen molar-refractivity contribution in [1.29, 1.82) is 0 Å². The van der Waals surface area contributed by atoms with Crippen molar-refractivity contribution >= 4 is 11.6 Å². The smallest absolute Gasteiger partial charge is 0.257 e. The van der Waals surface area contributed by atoms with E-state index in [9.17, 15) is 4.79 Å². The number of hydrogen-bond donors (Lipinski definition) is 1. The number of furan rings is 1. The fraction of sp³-hybridized carbons (Fsp3) is 0.312. The molecule has 0 aliphatic heterocycles. The minimum atomic E-state index is -0.0416. The van der Waals surface area contributed by atoms with E-state index in [1.54, 1.807) is 11.9 Å². The maximum atomic E-state index is 12.5. The van der Waals surface area contributed by atoms with E-state index >= 15 is 0 Å². The van der Waals surface area contributed by atoms with Gasteiger partial charge in [-0.05, 0) is 32.4 Å². The molecule has 0 radical (unpaired) electrons. The number of aryl methyl sites for hydroxylation is 2. The lowest BCUT2D eigenvalue weighted by Gasteiger charge is -2.18. The standard InChI is InChI=1S/C16H20N2O2/c1-10-11(2)20-12(3)15(10)16(19)18(4)9-13-7-5-6-8-14(13)17/h5-8H,9,17H2,1-4H3. The summed E-state index contributed by atoms with van der Waals surface area (Å²) in [6, 6.07) is 7.57. The third kappa shape index (κ3) is 2.54. The first kappa shape index (κ1) is 14.2. The zero-order chi connectivity index (χ0) is 14.9. The van der Waals surface area contributed by atoms with E-state index in [1.165, 1.54) is 0 Å². The largest absolute Gasteiger partial charge is 0.466 e. The van der Waals surface area contributed by atoms with Crippen molar-refractivity contribution in [3.05, 3.63) is 52.5 Å². The normalized spacial score (nSPS) is 10.6. The molecule has 1 amide bonds. The van der Waals surface area contributed by atoms with Crippen LogP contribution in [0.1, 0.15) is 33.0 Å². The molecule has 2 N–H and O–H groups in total. The molecule has 2 aromatic rings. The highest BCUT2D eigenvalue weighted by Gasteiger charge is 2.22. The van der Waals surface area contributed by atoms with E-state index in [-0.39, 0.29) is 5.91 Å². The molecule has 0 atom stereocenters. The Balaban J connectivity index is 2.23. The fourth-order valence-electron chi connectivity index (χ4n) is 2.30. The molecule has 0 fully saturated rings. The van der Waals surface area contributed by atoms with Crippen molar-refractivity contribution < 1.29 is 9.21 Å². The molecular formula is C16H20N2O2. The third-order valence-electron chi connectivity index (χ3n) is 3.58. The second-order valence-electron chi connectivity index (χ2n) is 5.07. The summed E-state index contributed by atoms with van der Waals surface area (Å²) in [4.78, 5) is 14.2. The number of nitrogen functional groups attached to an aromatic ring is 1. The molecule has 0 bridgehead atoms. The van der Waals surface area contributed by atoms with Crippen molar-refractivity contribution in [2.24, 2.45) is 0 Å². The predicted molar refractivity (Wildman–Crippen MR) is 79.6 cm³/mol. The van der Waals surface area contributed by atoms with Gasteiger partial charge in [0.05, 0.1) is 5.56 Å². The maximum Gasteiger partial charge on any atom is 0.257 e. The van der Waals surface area contributed by atoms with Gasteiger partial charge < -0.3 is 15.1 Å². The number of hydrogen-bond acceptors (Lipinski definition) is 3. The Hall–Kier alpha value is -2.23. The van der Waals surface area contributed by atoms with Crippen LogP contribution in [0.4, 0.5) is 5.69 Å². The van der Waals surface area contributed by atoms with Gasteiger partial charge in [-0.1, -0.05) is 18.2 Å². The molecule has 4 nitrogen and oxygen atoms in total. The molecule has 0 aliphatic rings. The lowest BCUT2D eigenvalue weighted by atomic mass is 10.1. The van der Waals surface area contributed by atoms with Crippen LogP contribution in [-0.2, 0) is 6.54 Å². The summed E-state index contributed by atoms with van der Waals surface area (Å²) in [5, 5.41) is 0. The molecule has 2 rings (SSSR count). The number of carbonyl (C=O) groups excluding carboxylic acids is 1. The van der Waals surface area contributed by atoms with Crippen molar-refractivity contribution in [3.63, 3.8) is 0 Å². The van der Waals surface area contributed by atoms with Crippen LogP contribution in [0.3, 0.4) is 0 Å². The van der Waals surface area contributed by atoms with Crippen LogP contribution in [0.15, 0.2) is 28.7 Å². The lowest BCUT2D eigenvalue weighted by Crippen LogP contribution is -2.27. The molecule has 0 saturated carbocycles. The predicted octanol–water partition coefficient (Wildman–Crippen LogP) is 3.06. The summed E-state index contributed by atoms with van der Waals surface area (Å²) in [7, 11) is 1.77. The highest BCUT2D eigenvalue weighted by molar-refractivity contribution is 5.96. The molecule has 0 aliphatic carbocycles. The Labute approximate surface area is 119 Å². The van der Waals surface area contributed by atoms with Crippen LogP contribution in [0.25, 0.3) is 0 Å². The van der Waals surface area contributed by atoms with Crippen molar-refractivity contribution in [1.82, 2.24) is 4.90 Å². The number of nitrogens with zero attached hydrogens (tertiary/aromatic N) is 1. The summed E-state index contributed by atoms with van der Waals surface area (Å²) in [6.07, 6.45) is 0. The molecule has 0 saturated heterocycles. The quantitative estimate of drug-likeness (QED) is 0.874. The maximum absolute atomic E-state index is 12.5. The van der Waals surface area contributed by atoms with Gasteiger partial charge in [-0.2, -0.15) is 0 Å². The molecular weight excluding hydrogens is 252 g/mol. The number of rotatable bonds is 3. The van der Waals surface area contributed by atoms with Gasteiger partial charge in [0.25, 0.3) is 5.91 Å². The van der Waals surface area contributed by atoms with Crippen molar-refractivity contribution in [2.75, 3.05) is 12.8 Å². The summed E-state index contributed by atoms with van der Waals surface area (Å²) in [5.74, 6) is 1.41. The van der Waals surface area contributed by atoms with E-state index in [4.69, 9.17) is 10.2 Å². The molecule has 1 heterocycles. The average molecular weight is 272 g/mol. The van der Waals surface area contributed by atoms with Crippen LogP contribution in [0.2, 0.25) is 0 Å². The Kier molecular flexibility index (Phi) is 3.84. The minimum Gasteiger partial charge on any atom is -0.466 e. The molecule has 1 aromatic heterocycles. The number of para-hydroxylation sites is 1. The van der Waals surface area contributed by atoms with Gasteiger partial charge in [0, 0.05) is 24.8 Å². The number of amides is 1. The monoisotopic (exact) mass is 272 g/mol. The molecule has 0 unspecified atom stereocenters. The third-order valence-corrected chi connectivity index (χ3v) is 3.58. The summed E-state index contributed by atoms with van der Waals surface area (Å²) >= 11 is 0. The lowest BCUT2D eigenvalue weighted by molar-refractivity contribution is 0.0783. The summed E-state index contributed by atoms with van der Waals surface area (Å²) in [6.45, 7) is 6.07. The second-order valence-corrected chi connectivity index (χ2v) is 5.07. The van der Waals surface area contributed by atoms with Gasteiger partial charge in [-0.15, -0.1) is 0 Å². The first-order valence-electron chi connectivity index (χ1n) is 6.57. The zero-order valence-corrected chi connectivity index (χ0v) is 12.4. The molecule has 1 aromatic carbocycles. The SMILES string of the molecule is Cc1oc(C)c(C(=O)N(C)Cc2ccccc2N)c1C. The van der Waals surface area contributed by atoms with E-state index in [1.807, 2.05) is 45.0 Å². The Morgan fingerprint density at radius 3 is 2.40 bits per heavy atom. The average Bonchev–Trinajstić information content (AvgIpc) is 2.65. The number of benzene rings is 1. The minimum absolute atomic E-state index is 0.0416. The fourth-order valence-corrected chi connectivity index (χ4v) is 2.30. The van der Waals surface area contributed by atoms with Gasteiger partial charge in [-0.25, -0.2) is 0 Å². The number of anilines is 1. The Morgan fingerprint density at radius 1 is 1.20 bits per heavy atom. The van der Waals surface area contributed by atoms with Crippen molar-refractivity contribution in [3.8, 4) is 0 Å². The highest BCUT2D eigenvalue weighted by atomic mass is 16.3. The molecule has 20 heavy (non-hydrogen) atoms. The topological polar surface area (TPSA) is 59.5 Å². The van der Waals surface area contributed by atoms with E-state index in [2.05, 4.69) is 0 Å². The van der Waals surface area contributed by atoms with Crippen LogP contribution >= 0.6 is 0 Å². The van der Waals surface area contributed by atoms with Crippen LogP contribution in [0.5, 0.6) is 0 Å². The van der Waals surface area contributed by atoms with Gasteiger partial charge in [-0.3, -0.25) is 4.79 Å². The van der Waals surface area contributed by atoms with Crippen molar-refractivity contribution in [2.45, 2.75) is 27.3 Å². The second kappa shape index (κ2) is 5.41. The van der Waals surface area contributed by atoms with E-state index in [0.29, 0.717) is 23.6 Å². The molecule has 106 valence electrons. The van der Waals surface area contributed by atoms with Gasteiger partial charge in [0.2, 0.25) is 0 Å². The zero-order valence-electron chi connectivity index (χ0n) is 12.4. The Morgan fingerprint density at radius 2 is 1.85 bits per heavy atom. The highest BCUT2D eigenvalue weighted by Crippen LogP contribution is 2.23. The number of nitrogens with two attached hydrogens (primary N) is 1. The van der Waals surface area contributed by atoms with Gasteiger partial charge >= 0.3 is 0 Å². The first-order chi connectivity index (χ1) is 9.41. The van der Waals surface area contributed by atoms with E-state index in [0.717, 1.165) is 16.9 Å². The first-order valence-corrected chi connectivity index (χ1v) is 6.57. The molecule has 4 heteroatoms. The molecule has 0 spiro atoms. The Bertz CT molecular complexity index is 644. The van der Waals surface area contributed by atoms with Crippen LogP contribution in [-0.4, -0.2) is 17.9 Å². The van der Waals surface area contributed by atoms with Crippen LogP contribution < -0.4 is 5.73 Å². The van der Waals surface area contributed by atoms with Gasteiger partial charge in [0.1, 0.15) is 11.5 Å². The van der Waals surface area contributed by atoms with Gasteiger partial charge in [0.15, 0.2) is 0 Å². The van der Waals surface area contributed by atoms with E-state index < -0.39 is 0 Å². The number of carbonyl (C=O) groups is 1. The summed E-state index contributed by atoms with van der Waals surface area (Å²) in [5.41, 5.74) is 9.11. The van der Waals surface area contributed by atoms with Crippen LogP contribution in [0, 0.1) is 20.8 Å². The summed E-state index contributed by atoms with van der Waals surface area (Å²) < 4.78 is 5.52.